The van der Waals surface area contributed by atoms with E-state index >= 15 is 0 Å². The molecule has 0 radical (unpaired) electrons. The number of ether oxygens (including phenoxy) is 1. The van der Waals surface area contributed by atoms with Gasteiger partial charge in [-0.15, -0.1) is 0 Å². The van der Waals surface area contributed by atoms with Crippen LogP contribution in [-0.4, -0.2) is 31.0 Å². The Morgan fingerprint density at radius 3 is 1.95 bits per heavy atom. The van der Waals surface area contributed by atoms with Crippen molar-refractivity contribution in [3.05, 3.63) is 65.2 Å². The fraction of sp³-hybridized carbons (Fsp3) is 0.211. The van der Waals surface area contributed by atoms with Crippen LogP contribution in [0.1, 0.15) is 27.9 Å². The minimum atomic E-state index is 0.112. The molecule has 1 fully saturated rings. The summed E-state index contributed by atoms with van der Waals surface area (Å²) in [4.78, 5) is 13.9. The monoisotopic (exact) mass is 291 g/mol. The van der Waals surface area contributed by atoms with E-state index in [-0.39, 0.29) is 5.91 Å². The molecule has 0 saturated carbocycles. The van der Waals surface area contributed by atoms with E-state index in [2.05, 4.69) is 11.8 Å². The molecule has 2 aromatic carbocycles. The normalized spacial score (nSPS) is 12.9. The summed E-state index contributed by atoms with van der Waals surface area (Å²) in [5.41, 5.74) is 2.56. The number of benzene rings is 2. The summed E-state index contributed by atoms with van der Waals surface area (Å²) < 4.78 is 5.12. The van der Waals surface area contributed by atoms with Gasteiger partial charge < -0.3 is 9.64 Å². The van der Waals surface area contributed by atoms with Crippen LogP contribution in [-0.2, 0) is 0 Å². The first kappa shape index (κ1) is 14.2. The SMILES string of the molecule is COc1ccc(C#Cc2ccc(C(=O)N3CCC3)cc2)cc1. The maximum Gasteiger partial charge on any atom is 0.253 e. The Bertz CT molecular complexity index is 717. The van der Waals surface area contributed by atoms with Crippen molar-refractivity contribution < 1.29 is 9.53 Å². The van der Waals surface area contributed by atoms with Crippen LogP contribution in [0.4, 0.5) is 0 Å². The summed E-state index contributed by atoms with van der Waals surface area (Å²) in [6.07, 6.45) is 1.11. The van der Waals surface area contributed by atoms with Gasteiger partial charge in [0.15, 0.2) is 0 Å². The van der Waals surface area contributed by atoms with Gasteiger partial charge in [0, 0.05) is 29.8 Å². The summed E-state index contributed by atoms with van der Waals surface area (Å²) in [6, 6.07) is 15.1. The average molecular weight is 291 g/mol. The minimum absolute atomic E-state index is 0.112. The van der Waals surface area contributed by atoms with Crippen LogP contribution in [0.3, 0.4) is 0 Å². The molecule has 0 aromatic heterocycles. The van der Waals surface area contributed by atoms with E-state index in [4.69, 9.17) is 4.74 Å². The molecule has 0 aliphatic carbocycles. The van der Waals surface area contributed by atoms with E-state index in [0.29, 0.717) is 0 Å². The number of methoxy groups -OCH3 is 1. The molecule has 1 aliphatic heterocycles. The second kappa shape index (κ2) is 6.36. The fourth-order valence-corrected chi connectivity index (χ4v) is 2.22. The molecule has 3 nitrogen and oxygen atoms in total. The van der Waals surface area contributed by atoms with Gasteiger partial charge in [0.05, 0.1) is 7.11 Å². The van der Waals surface area contributed by atoms with E-state index in [1.807, 2.05) is 53.4 Å². The Morgan fingerprint density at radius 1 is 0.955 bits per heavy atom. The average Bonchev–Trinajstić information content (AvgIpc) is 2.52. The first-order valence-corrected chi connectivity index (χ1v) is 7.32. The standard InChI is InChI=1S/C19H17NO2/c1-22-18-11-7-16(8-12-18)4-3-15-5-9-17(10-6-15)19(21)20-13-2-14-20/h5-12H,2,13-14H2,1H3. The van der Waals surface area contributed by atoms with E-state index < -0.39 is 0 Å². The number of carbonyl (C=O) groups excluding carboxylic acids is 1. The molecule has 22 heavy (non-hydrogen) atoms. The summed E-state index contributed by atoms with van der Waals surface area (Å²) in [5.74, 6) is 7.14. The zero-order valence-electron chi connectivity index (χ0n) is 12.5. The zero-order chi connectivity index (χ0) is 15.4. The molecule has 1 heterocycles. The molecule has 1 amide bonds. The molecule has 1 saturated heterocycles. The van der Waals surface area contributed by atoms with E-state index in [1.165, 1.54) is 0 Å². The van der Waals surface area contributed by atoms with Gasteiger partial charge in [-0.1, -0.05) is 11.8 Å². The number of amides is 1. The molecule has 110 valence electrons. The molecule has 3 heteroatoms. The molecule has 3 rings (SSSR count). The third kappa shape index (κ3) is 3.12. The lowest BCUT2D eigenvalue weighted by atomic mass is 10.1. The highest BCUT2D eigenvalue weighted by Crippen LogP contribution is 2.13. The van der Waals surface area contributed by atoms with Crippen LogP contribution >= 0.6 is 0 Å². The number of nitrogens with zero attached hydrogens (tertiary/aromatic N) is 1. The summed E-state index contributed by atoms with van der Waals surface area (Å²) in [6.45, 7) is 1.75. The molecule has 0 atom stereocenters. The second-order valence-electron chi connectivity index (χ2n) is 5.20. The van der Waals surface area contributed by atoms with Crippen molar-refractivity contribution in [2.45, 2.75) is 6.42 Å². The molecular weight excluding hydrogens is 274 g/mol. The van der Waals surface area contributed by atoms with Crippen molar-refractivity contribution >= 4 is 5.91 Å². The Morgan fingerprint density at radius 2 is 1.50 bits per heavy atom. The zero-order valence-corrected chi connectivity index (χ0v) is 12.5. The van der Waals surface area contributed by atoms with Gasteiger partial charge in [-0.2, -0.15) is 0 Å². The van der Waals surface area contributed by atoms with Crippen molar-refractivity contribution in [3.63, 3.8) is 0 Å². The highest BCUT2D eigenvalue weighted by atomic mass is 16.5. The lowest BCUT2D eigenvalue weighted by Gasteiger charge is -2.30. The number of hydrogen-bond donors (Lipinski definition) is 0. The van der Waals surface area contributed by atoms with Crippen molar-refractivity contribution in [1.82, 2.24) is 4.90 Å². The van der Waals surface area contributed by atoms with Crippen LogP contribution in [0.5, 0.6) is 5.75 Å². The third-order valence-corrected chi connectivity index (χ3v) is 3.72. The van der Waals surface area contributed by atoms with E-state index in [0.717, 1.165) is 42.0 Å². The molecule has 0 N–H and O–H groups in total. The predicted molar refractivity (Wildman–Crippen MR) is 85.9 cm³/mol. The molecule has 2 aromatic rings. The van der Waals surface area contributed by atoms with Crippen LogP contribution in [0, 0.1) is 11.8 Å². The van der Waals surface area contributed by atoms with Crippen molar-refractivity contribution in [1.29, 1.82) is 0 Å². The van der Waals surface area contributed by atoms with Gasteiger partial charge in [0.25, 0.3) is 5.91 Å². The van der Waals surface area contributed by atoms with Gasteiger partial charge in [-0.25, -0.2) is 0 Å². The van der Waals surface area contributed by atoms with Gasteiger partial charge in [-0.3, -0.25) is 4.79 Å². The Hall–Kier alpha value is -2.73. The molecule has 0 unspecified atom stereocenters. The number of hydrogen-bond acceptors (Lipinski definition) is 2. The van der Waals surface area contributed by atoms with Crippen LogP contribution < -0.4 is 4.74 Å². The predicted octanol–water partition coefficient (Wildman–Crippen LogP) is 2.94. The first-order chi connectivity index (χ1) is 10.8. The van der Waals surface area contributed by atoms with Crippen LogP contribution in [0.25, 0.3) is 0 Å². The lowest BCUT2D eigenvalue weighted by Crippen LogP contribution is -2.41. The number of rotatable bonds is 2. The van der Waals surface area contributed by atoms with Crippen LogP contribution in [0.15, 0.2) is 48.5 Å². The van der Waals surface area contributed by atoms with E-state index in [1.54, 1.807) is 7.11 Å². The first-order valence-electron chi connectivity index (χ1n) is 7.32. The number of carbonyl (C=O) groups is 1. The smallest absolute Gasteiger partial charge is 0.253 e. The van der Waals surface area contributed by atoms with Crippen molar-refractivity contribution in [2.75, 3.05) is 20.2 Å². The highest BCUT2D eigenvalue weighted by Gasteiger charge is 2.20. The summed E-state index contributed by atoms with van der Waals surface area (Å²) in [7, 11) is 1.64. The lowest BCUT2D eigenvalue weighted by molar-refractivity contribution is 0.0652. The van der Waals surface area contributed by atoms with Crippen LogP contribution in [0.2, 0.25) is 0 Å². The molecule has 0 spiro atoms. The van der Waals surface area contributed by atoms with E-state index in [9.17, 15) is 4.79 Å². The van der Waals surface area contributed by atoms with Crippen molar-refractivity contribution in [3.8, 4) is 17.6 Å². The second-order valence-corrected chi connectivity index (χ2v) is 5.20. The Labute approximate surface area is 130 Å². The fourth-order valence-electron chi connectivity index (χ4n) is 2.22. The largest absolute Gasteiger partial charge is 0.497 e. The van der Waals surface area contributed by atoms with Crippen molar-refractivity contribution in [2.24, 2.45) is 0 Å². The van der Waals surface area contributed by atoms with Gasteiger partial charge in [0.1, 0.15) is 5.75 Å². The summed E-state index contributed by atoms with van der Waals surface area (Å²) >= 11 is 0. The third-order valence-electron chi connectivity index (χ3n) is 3.72. The highest BCUT2D eigenvalue weighted by molar-refractivity contribution is 5.94. The topological polar surface area (TPSA) is 29.5 Å². The maximum atomic E-state index is 12.1. The Kier molecular flexibility index (Phi) is 4.11. The Balaban J connectivity index is 1.70. The maximum absolute atomic E-state index is 12.1. The molecule has 0 bridgehead atoms. The minimum Gasteiger partial charge on any atom is -0.497 e. The van der Waals surface area contributed by atoms with Gasteiger partial charge in [0.2, 0.25) is 0 Å². The number of likely N-dealkylation sites (tertiary alicyclic amines) is 1. The van der Waals surface area contributed by atoms with Gasteiger partial charge in [-0.05, 0) is 55.0 Å². The van der Waals surface area contributed by atoms with Gasteiger partial charge >= 0.3 is 0 Å². The quantitative estimate of drug-likeness (QED) is 0.796. The molecule has 1 aliphatic rings. The summed E-state index contributed by atoms with van der Waals surface area (Å²) in [5, 5.41) is 0. The molecular formula is C19H17NO2.